The second-order valence-electron chi connectivity index (χ2n) is 3.42. The van der Waals surface area contributed by atoms with Crippen LogP contribution in [0, 0.1) is 0 Å². The van der Waals surface area contributed by atoms with E-state index in [2.05, 4.69) is 0 Å². The number of hydrogen-bond donors (Lipinski definition) is 1. The van der Waals surface area contributed by atoms with Crippen LogP contribution in [-0.2, 0) is 0 Å². The van der Waals surface area contributed by atoms with Crippen molar-refractivity contribution >= 4 is 18.4 Å². The lowest BCUT2D eigenvalue weighted by atomic mass is 9.94. The number of nitrogens with zero attached hydrogens (tertiary/aromatic N) is 1. The summed E-state index contributed by atoms with van der Waals surface area (Å²) < 4.78 is 0. The first-order chi connectivity index (χ1) is 5.75. The molecule has 3 nitrogen and oxygen atoms in total. The quantitative estimate of drug-likeness (QED) is 0.740. The van der Waals surface area contributed by atoms with Gasteiger partial charge < -0.3 is 10.6 Å². The van der Waals surface area contributed by atoms with Gasteiger partial charge in [-0.1, -0.05) is 19.3 Å². The van der Waals surface area contributed by atoms with Crippen molar-refractivity contribution in [3.8, 4) is 0 Å². The summed E-state index contributed by atoms with van der Waals surface area (Å²) in [6.45, 7) is 2.74. The fraction of sp³-hybridized carbons (Fsp3) is 0.889. The van der Waals surface area contributed by atoms with Crippen molar-refractivity contribution < 1.29 is 4.79 Å². The molecular formula is C9H19ClN2O. The monoisotopic (exact) mass is 206 g/mol. The van der Waals surface area contributed by atoms with E-state index < -0.39 is 0 Å². The van der Waals surface area contributed by atoms with E-state index in [4.69, 9.17) is 5.73 Å². The molecule has 78 valence electrons. The van der Waals surface area contributed by atoms with Crippen molar-refractivity contribution in [3.63, 3.8) is 0 Å². The van der Waals surface area contributed by atoms with E-state index in [1.165, 1.54) is 19.3 Å². The van der Waals surface area contributed by atoms with Gasteiger partial charge in [0, 0.05) is 12.6 Å². The number of amides is 2. The van der Waals surface area contributed by atoms with E-state index in [1.807, 2.05) is 6.92 Å². The number of rotatable bonds is 2. The van der Waals surface area contributed by atoms with Gasteiger partial charge >= 0.3 is 6.03 Å². The Bertz CT molecular complexity index is 158. The molecule has 0 bridgehead atoms. The zero-order valence-corrected chi connectivity index (χ0v) is 8.98. The van der Waals surface area contributed by atoms with Gasteiger partial charge in [0.25, 0.3) is 0 Å². The number of carbonyl (C=O) groups excluding carboxylic acids is 1. The van der Waals surface area contributed by atoms with Gasteiger partial charge in [0.15, 0.2) is 0 Å². The third kappa shape index (κ3) is 3.43. The molecule has 13 heavy (non-hydrogen) atoms. The second-order valence-corrected chi connectivity index (χ2v) is 3.42. The van der Waals surface area contributed by atoms with Crippen LogP contribution < -0.4 is 5.73 Å². The highest BCUT2D eigenvalue weighted by molar-refractivity contribution is 5.85. The Labute approximate surface area is 86.1 Å². The van der Waals surface area contributed by atoms with Gasteiger partial charge in [0.2, 0.25) is 0 Å². The second kappa shape index (κ2) is 6.08. The summed E-state index contributed by atoms with van der Waals surface area (Å²) in [5, 5.41) is 0. The molecule has 1 fully saturated rings. The van der Waals surface area contributed by atoms with Crippen molar-refractivity contribution in [1.82, 2.24) is 4.90 Å². The Balaban J connectivity index is 0.00000144. The minimum absolute atomic E-state index is 0. The van der Waals surface area contributed by atoms with Gasteiger partial charge in [-0.15, -0.1) is 12.4 Å². The molecule has 1 aliphatic carbocycles. The minimum atomic E-state index is -0.260. The lowest BCUT2D eigenvalue weighted by Gasteiger charge is -2.32. The minimum Gasteiger partial charge on any atom is -0.351 e. The van der Waals surface area contributed by atoms with E-state index >= 15 is 0 Å². The Kier molecular flexibility index (Phi) is 5.88. The first kappa shape index (κ1) is 12.6. The molecule has 0 heterocycles. The Hall–Kier alpha value is -0.440. The van der Waals surface area contributed by atoms with Gasteiger partial charge in [-0.05, 0) is 19.8 Å². The van der Waals surface area contributed by atoms with Crippen molar-refractivity contribution in [2.75, 3.05) is 6.54 Å². The van der Waals surface area contributed by atoms with Crippen molar-refractivity contribution in [1.29, 1.82) is 0 Å². The molecule has 2 N–H and O–H groups in total. The average Bonchev–Trinajstić information content (AvgIpc) is 2.07. The zero-order valence-electron chi connectivity index (χ0n) is 8.16. The fourth-order valence-electron chi connectivity index (χ4n) is 1.99. The van der Waals surface area contributed by atoms with Crippen LogP contribution in [-0.4, -0.2) is 23.5 Å². The highest BCUT2D eigenvalue weighted by Gasteiger charge is 2.21. The highest BCUT2D eigenvalue weighted by Crippen LogP contribution is 2.21. The Morgan fingerprint density at radius 3 is 2.31 bits per heavy atom. The first-order valence-electron chi connectivity index (χ1n) is 4.81. The largest absolute Gasteiger partial charge is 0.351 e. The van der Waals surface area contributed by atoms with E-state index in [0.717, 1.165) is 19.4 Å². The van der Waals surface area contributed by atoms with Crippen LogP contribution >= 0.6 is 12.4 Å². The summed E-state index contributed by atoms with van der Waals surface area (Å²) in [6.07, 6.45) is 6.07. The molecule has 1 rings (SSSR count). The summed E-state index contributed by atoms with van der Waals surface area (Å²) in [4.78, 5) is 12.8. The smallest absolute Gasteiger partial charge is 0.315 e. The molecule has 2 amide bonds. The SMILES string of the molecule is CCN(C(N)=O)C1CCCCC1.Cl. The maximum absolute atomic E-state index is 11.0. The number of hydrogen-bond acceptors (Lipinski definition) is 1. The Morgan fingerprint density at radius 2 is 1.92 bits per heavy atom. The Morgan fingerprint density at radius 1 is 1.38 bits per heavy atom. The lowest BCUT2D eigenvalue weighted by molar-refractivity contribution is 0.168. The molecule has 0 aromatic carbocycles. The van der Waals surface area contributed by atoms with Crippen molar-refractivity contribution in [2.45, 2.75) is 45.1 Å². The van der Waals surface area contributed by atoms with Crippen LogP contribution in [0.4, 0.5) is 4.79 Å². The summed E-state index contributed by atoms with van der Waals surface area (Å²) in [6, 6.07) is 0.158. The molecule has 0 unspecified atom stereocenters. The van der Waals surface area contributed by atoms with Gasteiger partial charge in [0.05, 0.1) is 0 Å². The first-order valence-corrected chi connectivity index (χ1v) is 4.81. The molecule has 4 heteroatoms. The topological polar surface area (TPSA) is 46.3 Å². The molecule has 0 radical (unpaired) electrons. The third-order valence-corrected chi connectivity index (χ3v) is 2.64. The zero-order chi connectivity index (χ0) is 8.97. The summed E-state index contributed by atoms with van der Waals surface area (Å²) in [5.41, 5.74) is 5.27. The summed E-state index contributed by atoms with van der Waals surface area (Å²) in [5.74, 6) is 0. The van der Waals surface area contributed by atoms with Crippen LogP contribution in [0.3, 0.4) is 0 Å². The maximum Gasteiger partial charge on any atom is 0.315 e. The maximum atomic E-state index is 11.0. The van der Waals surface area contributed by atoms with Crippen molar-refractivity contribution in [2.24, 2.45) is 5.73 Å². The fourth-order valence-corrected chi connectivity index (χ4v) is 1.99. The van der Waals surface area contributed by atoms with Gasteiger partial charge in [-0.3, -0.25) is 0 Å². The predicted molar refractivity (Wildman–Crippen MR) is 56.1 cm³/mol. The number of nitrogens with two attached hydrogens (primary N) is 1. The number of halogens is 1. The normalized spacial score (nSPS) is 17.6. The molecule has 0 spiro atoms. The highest BCUT2D eigenvalue weighted by atomic mass is 35.5. The molecule has 0 saturated heterocycles. The van der Waals surface area contributed by atoms with Gasteiger partial charge in [0.1, 0.15) is 0 Å². The van der Waals surface area contributed by atoms with E-state index in [-0.39, 0.29) is 18.4 Å². The van der Waals surface area contributed by atoms with Crippen LogP contribution in [0.2, 0.25) is 0 Å². The third-order valence-electron chi connectivity index (χ3n) is 2.64. The lowest BCUT2D eigenvalue weighted by Crippen LogP contribution is -2.44. The van der Waals surface area contributed by atoms with Gasteiger partial charge in [-0.2, -0.15) is 0 Å². The standard InChI is InChI=1S/C9H18N2O.ClH/c1-2-11(9(10)12)8-6-4-3-5-7-8;/h8H,2-7H2,1H3,(H2,10,12);1H. The van der Waals surface area contributed by atoms with Gasteiger partial charge in [-0.25, -0.2) is 4.79 Å². The molecule has 0 aromatic heterocycles. The van der Waals surface area contributed by atoms with Crippen LogP contribution in [0.1, 0.15) is 39.0 Å². The molecule has 0 aromatic rings. The van der Waals surface area contributed by atoms with E-state index in [0.29, 0.717) is 6.04 Å². The van der Waals surface area contributed by atoms with Crippen LogP contribution in [0.5, 0.6) is 0 Å². The van der Waals surface area contributed by atoms with E-state index in [9.17, 15) is 4.79 Å². The van der Waals surface area contributed by atoms with Crippen molar-refractivity contribution in [3.05, 3.63) is 0 Å². The van der Waals surface area contributed by atoms with Crippen LogP contribution in [0.25, 0.3) is 0 Å². The summed E-state index contributed by atoms with van der Waals surface area (Å²) >= 11 is 0. The number of urea groups is 1. The predicted octanol–water partition coefficient (Wildman–Crippen LogP) is 2.14. The number of primary amides is 1. The van der Waals surface area contributed by atoms with Crippen LogP contribution in [0.15, 0.2) is 0 Å². The van der Waals surface area contributed by atoms with E-state index in [1.54, 1.807) is 4.90 Å². The molecular weight excluding hydrogens is 188 g/mol. The number of carbonyl (C=O) groups is 1. The summed E-state index contributed by atoms with van der Waals surface area (Å²) in [7, 11) is 0. The molecule has 1 saturated carbocycles. The average molecular weight is 207 g/mol. The molecule has 0 aliphatic heterocycles. The molecule has 1 aliphatic rings. The molecule has 0 atom stereocenters.